The van der Waals surface area contributed by atoms with Crippen molar-refractivity contribution in [2.24, 2.45) is 5.73 Å². The van der Waals surface area contributed by atoms with Crippen molar-refractivity contribution >= 4 is 28.4 Å². The van der Waals surface area contributed by atoms with Gasteiger partial charge in [-0.2, -0.15) is 0 Å². The van der Waals surface area contributed by atoms with Crippen LogP contribution in [0.15, 0.2) is 0 Å². The van der Waals surface area contributed by atoms with E-state index in [1.807, 2.05) is 0 Å². The van der Waals surface area contributed by atoms with Crippen molar-refractivity contribution < 1.29 is 9.53 Å². The molecular formula is C7H10N4O2S. The summed E-state index contributed by atoms with van der Waals surface area (Å²) in [6, 6.07) is 0. The van der Waals surface area contributed by atoms with E-state index in [1.165, 1.54) is 18.4 Å². The normalized spacial score (nSPS) is 9.57. The van der Waals surface area contributed by atoms with Gasteiger partial charge in [0.15, 0.2) is 16.8 Å². The molecule has 0 unspecified atom stereocenters. The van der Waals surface area contributed by atoms with Gasteiger partial charge >= 0.3 is 5.97 Å². The number of carbonyl (C=O) groups excluding carboxylic acids is 1. The summed E-state index contributed by atoms with van der Waals surface area (Å²) in [5.74, 6) is -0.703. The second-order valence-electron chi connectivity index (χ2n) is 2.45. The van der Waals surface area contributed by atoms with Crippen LogP contribution in [0, 0.1) is 12.3 Å². The molecule has 14 heavy (non-hydrogen) atoms. The summed E-state index contributed by atoms with van der Waals surface area (Å²) in [7, 11) is 1.29. The monoisotopic (exact) mass is 214 g/mol. The van der Waals surface area contributed by atoms with Crippen molar-refractivity contribution in [2.45, 2.75) is 6.92 Å². The molecule has 0 atom stereocenters. The SMILES string of the molecule is COC(=O)c1nc(NC(=N)N)sc1C. The van der Waals surface area contributed by atoms with Crippen LogP contribution in [0.2, 0.25) is 0 Å². The number of methoxy groups -OCH3 is 1. The number of thiazole rings is 1. The van der Waals surface area contributed by atoms with Crippen LogP contribution in [0.5, 0.6) is 0 Å². The van der Waals surface area contributed by atoms with Crippen LogP contribution in [0.1, 0.15) is 15.4 Å². The lowest BCUT2D eigenvalue weighted by Crippen LogP contribution is -2.20. The van der Waals surface area contributed by atoms with Gasteiger partial charge in [0, 0.05) is 4.88 Å². The van der Waals surface area contributed by atoms with Crippen LogP contribution >= 0.6 is 11.3 Å². The molecule has 0 fully saturated rings. The highest BCUT2D eigenvalue weighted by Gasteiger charge is 2.15. The molecule has 0 aliphatic carbocycles. The predicted molar refractivity (Wildman–Crippen MR) is 53.7 cm³/mol. The molecule has 0 saturated carbocycles. The van der Waals surface area contributed by atoms with Crippen molar-refractivity contribution in [1.82, 2.24) is 4.98 Å². The van der Waals surface area contributed by atoms with Gasteiger partial charge in [-0.1, -0.05) is 0 Å². The highest BCUT2D eigenvalue weighted by atomic mass is 32.1. The lowest BCUT2D eigenvalue weighted by molar-refractivity contribution is 0.0594. The number of aromatic nitrogens is 1. The number of ether oxygens (including phenoxy) is 1. The van der Waals surface area contributed by atoms with Crippen LogP contribution < -0.4 is 11.1 Å². The largest absolute Gasteiger partial charge is 0.464 e. The first-order chi connectivity index (χ1) is 6.54. The zero-order valence-corrected chi connectivity index (χ0v) is 8.57. The molecule has 0 spiro atoms. The number of anilines is 1. The first-order valence-corrected chi connectivity index (χ1v) is 4.53. The molecule has 1 heterocycles. The van der Waals surface area contributed by atoms with E-state index in [2.05, 4.69) is 15.0 Å². The number of guanidine groups is 1. The average Bonchev–Trinajstić information content (AvgIpc) is 2.44. The molecular weight excluding hydrogens is 204 g/mol. The van der Waals surface area contributed by atoms with Gasteiger partial charge in [0.2, 0.25) is 0 Å². The van der Waals surface area contributed by atoms with E-state index in [0.29, 0.717) is 5.13 Å². The van der Waals surface area contributed by atoms with E-state index in [0.717, 1.165) is 4.88 Å². The summed E-state index contributed by atoms with van der Waals surface area (Å²) in [5, 5.41) is 9.90. The summed E-state index contributed by atoms with van der Waals surface area (Å²) in [6.07, 6.45) is 0. The number of aryl methyl sites for hydroxylation is 1. The van der Waals surface area contributed by atoms with Crippen molar-refractivity contribution in [2.75, 3.05) is 12.4 Å². The minimum absolute atomic E-state index is 0.213. The van der Waals surface area contributed by atoms with Gasteiger partial charge in [-0.25, -0.2) is 9.78 Å². The van der Waals surface area contributed by atoms with E-state index in [-0.39, 0.29) is 11.7 Å². The smallest absolute Gasteiger partial charge is 0.357 e. The summed E-state index contributed by atoms with van der Waals surface area (Å²) in [5.41, 5.74) is 5.37. The number of esters is 1. The van der Waals surface area contributed by atoms with Crippen LogP contribution in [0.25, 0.3) is 0 Å². The Labute approximate surface area is 84.6 Å². The van der Waals surface area contributed by atoms with Crippen molar-refractivity contribution in [3.05, 3.63) is 10.6 Å². The Bertz CT molecular complexity index is 374. The quantitative estimate of drug-likeness (QED) is 0.379. The fraction of sp³-hybridized carbons (Fsp3) is 0.286. The average molecular weight is 214 g/mol. The minimum Gasteiger partial charge on any atom is -0.464 e. The number of nitrogens with two attached hydrogens (primary N) is 1. The molecule has 6 nitrogen and oxygen atoms in total. The Morgan fingerprint density at radius 1 is 1.71 bits per heavy atom. The number of hydrogen-bond acceptors (Lipinski definition) is 5. The maximum Gasteiger partial charge on any atom is 0.357 e. The third-order valence-electron chi connectivity index (χ3n) is 1.42. The lowest BCUT2D eigenvalue weighted by atomic mass is 10.4. The van der Waals surface area contributed by atoms with E-state index < -0.39 is 5.97 Å². The van der Waals surface area contributed by atoms with Gasteiger partial charge in [0.1, 0.15) is 0 Å². The Morgan fingerprint density at radius 3 is 2.86 bits per heavy atom. The molecule has 0 bridgehead atoms. The Balaban J connectivity index is 2.93. The second kappa shape index (κ2) is 4.05. The topological polar surface area (TPSA) is 101 Å². The molecule has 0 aromatic carbocycles. The maximum atomic E-state index is 11.1. The van der Waals surface area contributed by atoms with Gasteiger partial charge in [0.05, 0.1) is 7.11 Å². The van der Waals surface area contributed by atoms with Gasteiger partial charge in [-0.15, -0.1) is 11.3 Å². The summed E-state index contributed by atoms with van der Waals surface area (Å²) < 4.78 is 4.53. The van der Waals surface area contributed by atoms with E-state index in [9.17, 15) is 4.79 Å². The predicted octanol–water partition coefficient (Wildman–Crippen LogP) is 0.543. The Morgan fingerprint density at radius 2 is 2.36 bits per heavy atom. The highest BCUT2D eigenvalue weighted by molar-refractivity contribution is 7.16. The fourth-order valence-corrected chi connectivity index (χ4v) is 1.66. The molecule has 0 aliphatic rings. The lowest BCUT2D eigenvalue weighted by Gasteiger charge is -1.95. The molecule has 0 aliphatic heterocycles. The molecule has 1 aromatic rings. The number of nitrogens with zero attached hydrogens (tertiary/aromatic N) is 1. The number of rotatable bonds is 2. The molecule has 0 radical (unpaired) electrons. The fourth-order valence-electron chi connectivity index (χ4n) is 0.851. The van der Waals surface area contributed by atoms with Crippen molar-refractivity contribution in [1.29, 1.82) is 5.41 Å². The Kier molecular flexibility index (Phi) is 3.03. The summed E-state index contributed by atoms with van der Waals surface area (Å²) in [4.78, 5) is 15.8. The van der Waals surface area contributed by atoms with Crippen LogP contribution in [-0.4, -0.2) is 24.0 Å². The van der Waals surface area contributed by atoms with E-state index >= 15 is 0 Å². The van der Waals surface area contributed by atoms with E-state index in [4.69, 9.17) is 11.1 Å². The van der Waals surface area contributed by atoms with Gasteiger partial charge in [-0.05, 0) is 6.92 Å². The first-order valence-electron chi connectivity index (χ1n) is 3.71. The van der Waals surface area contributed by atoms with Crippen LogP contribution in [-0.2, 0) is 4.74 Å². The number of nitrogens with one attached hydrogen (secondary N) is 2. The van der Waals surface area contributed by atoms with Gasteiger partial charge in [0.25, 0.3) is 0 Å². The molecule has 4 N–H and O–H groups in total. The molecule has 0 amide bonds. The third kappa shape index (κ3) is 2.19. The standard InChI is InChI=1S/C7H10N4O2S/c1-3-4(5(12)13-2)10-7(14-3)11-6(8)9/h1-2H3,(H4,8,9,10,11). The summed E-state index contributed by atoms with van der Waals surface area (Å²) >= 11 is 1.24. The molecule has 76 valence electrons. The van der Waals surface area contributed by atoms with Gasteiger partial charge in [-0.3, -0.25) is 5.41 Å². The van der Waals surface area contributed by atoms with E-state index in [1.54, 1.807) is 6.92 Å². The number of carbonyl (C=O) groups is 1. The Hall–Kier alpha value is -1.63. The molecule has 0 saturated heterocycles. The molecule has 1 rings (SSSR count). The maximum absolute atomic E-state index is 11.1. The van der Waals surface area contributed by atoms with Gasteiger partial charge < -0.3 is 15.8 Å². The zero-order chi connectivity index (χ0) is 10.7. The third-order valence-corrected chi connectivity index (χ3v) is 2.30. The molecule has 1 aromatic heterocycles. The molecule has 7 heteroatoms. The number of hydrogen-bond donors (Lipinski definition) is 3. The van der Waals surface area contributed by atoms with Crippen LogP contribution in [0.4, 0.5) is 5.13 Å². The summed E-state index contributed by atoms with van der Waals surface area (Å²) in [6.45, 7) is 1.75. The zero-order valence-electron chi connectivity index (χ0n) is 7.75. The first kappa shape index (κ1) is 10.5. The second-order valence-corrected chi connectivity index (χ2v) is 3.66. The van der Waals surface area contributed by atoms with Crippen molar-refractivity contribution in [3.8, 4) is 0 Å². The van der Waals surface area contributed by atoms with Crippen molar-refractivity contribution in [3.63, 3.8) is 0 Å². The highest BCUT2D eigenvalue weighted by Crippen LogP contribution is 2.22. The van der Waals surface area contributed by atoms with Crippen LogP contribution in [0.3, 0.4) is 0 Å². The minimum atomic E-state index is -0.490.